The number of likely N-dealkylation sites (N-methyl/N-ethyl adjacent to an activating group) is 1. The van der Waals surface area contributed by atoms with Crippen molar-refractivity contribution in [2.24, 2.45) is 0 Å². The third kappa shape index (κ3) is 8.33. The van der Waals surface area contributed by atoms with Crippen molar-refractivity contribution in [2.75, 3.05) is 19.7 Å². The SMILES string of the molecule is CCNC(=O)CNC(=O)COC(=O)CCc1ccc(C(C)(C)C)cc1. The second-order valence-corrected chi connectivity index (χ2v) is 6.84. The second kappa shape index (κ2) is 9.81. The summed E-state index contributed by atoms with van der Waals surface area (Å²) in [5.41, 5.74) is 2.38. The first kappa shape index (κ1) is 20.7. The lowest BCUT2D eigenvalue weighted by atomic mass is 9.86. The van der Waals surface area contributed by atoms with Crippen LogP contribution in [0.5, 0.6) is 0 Å². The van der Waals surface area contributed by atoms with Crippen LogP contribution in [0, 0.1) is 0 Å². The Morgan fingerprint density at radius 1 is 1.00 bits per heavy atom. The number of hydrogen-bond donors (Lipinski definition) is 2. The molecule has 0 aliphatic rings. The molecule has 1 rings (SSSR count). The molecular weight excluding hydrogens is 320 g/mol. The molecule has 0 aliphatic heterocycles. The fraction of sp³-hybridized carbons (Fsp3) is 0.526. The number of amides is 2. The monoisotopic (exact) mass is 348 g/mol. The van der Waals surface area contributed by atoms with Crippen molar-refractivity contribution in [3.8, 4) is 0 Å². The number of hydrogen-bond acceptors (Lipinski definition) is 4. The topological polar surface area (TPSA) is 84.5 Å². The molecule has 0 radical (unpaired) electrons. The summed E-state index contributed by atoms with van der Waals surface area (Å²) >= 11 is 0. The molecule has 0 aromatic heterocycles. The number of esters is 1. The molecule has 6 heteroatoms. The van der Waals surface area contributed by atoms with Gasteiger partial charge in [-0.1, -0.05) is 45.0 Å². The summed E-state index contributed by atoms with van der Waals surface area (Å²) in [5, 5.41) is 4.94. The molecule has 0 saturated heterocycles. The number of ether oxygens (including phenoxy) is 1. The summed E-state index contributed by atoms with van der Waals surface area (Å²) in [5.74, 6) is -1.21. The van der Waals surface area contributed by atoms with Crippen molar-refractivity contribution < 1.29 is 19.1 Å². The molecule has 0 atom stereocenters. The van der Waals surface area contributed by atoms with Gasteiger partial charge in [0.15, 0.2) is 6.61 Å². The Bertz CT molecular complexity index is 588. The molecule has 0 unspecified atom stereocenters. The summed E-state index contributed by atoms with van der Waals surface area (Å²) in [6.45, 7) is 8.24. The van der Waals surface area contributed by atoms with E-state index >= 15 is 0 Å². The van der Waals surface area contributed by atoms with Crippen LogP contribution >= 0.6 is 0 Å². The molecule has 0 heterocycles. The normalized spacial score (nSPS) is 10.9. The Kier molecular flexibility index (Phi) is 8.11. The minimum absolute atomic E-state index is 0.0961. The molecule has 0 aliphatic carbocycles. The highest BCUT2D eigenvalue weighted by Crippen LogP contribution is 2.22. The van der Waals surface area contributed by atoms with Gasteiger partial charge in [-0.05, 0) is 29.9 Å². The number of rotatable bonds is 8. The molecule has 0 saturated carbocycles. The van der Waals surface area contributed by atoms with Gasteiger partial charge >= 0.3 is 5.97 Å². The van der Waals surface area contributed by atoms with Gasteiger partial charge in [0.2, 0.25) is 5.91 Å². The first-order chi connectivity index (χ1) is 11.7. The molecule has 6 nitrogen and oxygen atoms in total. The minimum Gasteiger partial charge on any atom is -0.456 e. The number of nitrogens with one attached hydrogen (secondary N) is 2. The highest BCUT2D eigenvalue weighted by Gasteiger charge is 2.13. The van der Waals surface area contributed by atoms with Gasteiger partial charge in [0.05, 0.1) is 6.54 Å². The number of aryl methyl sites for hydroxylation is 1. The van der Waals surface area contributed by atoms with Crippen LogP contribution in [-0.4, -0.2) is 37.5 Å². The van der Waals surface area contributed by atoms with Gasteiger partial charge in [0, 0.05) is 13.0 Å². The van der Waals surface area contributed by atoms with Crippen molar-refractivity contribution in [2.45, 2.75) is 46.0 Å². The first-order valence-corrected chi connectivity index (χ1v) is 8.50. The fourth-order valence-electron chi connectivity index (χ4n) is 2.13. The zero-order chi connectivity index (χ0) is 18.9. The van der Waals surface area contributed by atoms with Gasteiger partial charge in [-0.25, -0.2) is 0 Å². The van der Waals surface area contributed by atoms with Crippen molar-refractivity contribution >= 4 is 17.8 Å². The second-order valence-electron chi connectivity index (χ2n) is 6.84. The lowest BCUT2D eigenvalue weighted by Gasteiger charge is -2.19. The minimum atomic E-state index is -0.492. The fourth-order valence-corrected chi connectivity index (χ4v) is 2.13. The number of benzene rings is 1. The molecule has 2 amide bonds. The number of carbonyl (C=O) groups excluding carboxylic acids is 3. The van der Waals surface area contributed by atoms with Crippen LogP contribution in [0.2, 0.25) is 0 Å². The maximum absolute atomic E-state index is 11.7. The lowest BCUT2D eigenvalue weighted by molar-refractivity contribution is -0.148. The van der Waals surface area contributed by atoms with E-state index in [1.807, 2.05) is 12.1 Å². The van der Waals surface area contributed by atoms with Crippen LogP contribution in [0.4, 0.5) is 0 Å². The van der Waals surface area contributed by atoms with Crippen LogP contribution in [-0.2, 0) is 31.0 Å². The summed E-state index contributed by atoms with van der Waals surface area (Å²) in [6, 6.07) is 8.14. The maximum Gasteiger partial charge on any atom is 0.306 e. The van der Waals surface area contributed by atoms with Crippen LogP contribution in [0.3, 0.4) is 0 Å². The van der Waals surface area contributed by atoms with Gasteiger partial charge in [-0.3, -0.25) is 14.4 Å². The largest absolute Gasteiger partial charge is 0.456 e. The van der Waals surface area contributed by atoms with E-state index < -0.39 is 11.9 Å². The van der Waals surface area contributed by atoms with Crippen LogP contribution in [0.1, 0.15) is 45.2 Å². The molecule has 25 heavy (non-hydrogen) atoms. The molecule has 0 spiro atoms. The zero-order valence-corrected chi connectivity index (χ0v) is 15.5. The Morgan fingerprint density at radius 2 is 1.64 bits per heavy atom. The van der Waals surface area contributed by atoms with Crippen LogP contribution < -0.4 is 10.6 Å². The molecular formula is C19H28N2O4. The van der Waals surface area contributed by atoms with Gasteiger partial charge in [0.1, 0.15) is 0 Å². The molecule has 0 bridgehead atoms. The Balaban J connectivity index is 2.28. The highest BCUT2D eigenvalue weighted by atomic mass is 16.5. The van der Waals surface area contributed by atoms with Crippen molar-refractivity contribution in [1.29, 1.82) is 0 Å². The molecule has 0 fully saturated rings. The van der Waals surface area contributed by atoms with E-state index in [-0.39, 0.29) is 30.9 Å². The molecule has 1 aromatic rings. The van der Waals surface area contributed by atoms with Crippen molar-refractivity contribution in [3.05, 3.63) is 35.4 Å². The predicted molar refractivity (Wildman–Crippen MR) is 96.1 cm³/mol. The smallest absolute Gasteiger partial charge is 0.306 e. The van der Waals surface area contributed by atoms with Crippen molar-refractivity contribution in [1.82, 2.24) is 10.6 Å². The molecule has 2 N–H and O–H groups in total. The summed E-state index contributed by atoms with van der Waals surface area (Å²) in [6.07, 6.45) is 0.766. The summed E-state index contributed by atoms with van der Waals surface area (Å²) in [7, 11) is 0. The van der Waals surface area contributed by atoms with E-state index in [1.165, 1.54) is 5.56 Å². The maximum atomic E-state index is 11.7. The number of carbonyl (C=O) groups is 3. The average molecular weight is 348 g/mol. The van der Waals surface area contributed by atoms with Crippen molar-refractivity contribution in [3.63, 3.8) is 0 Å². The van der Waals surface area contributed by atoms with Gasteiger partial charge < -0.3 is 15.4 Å². The molecule has 1 aromatic carbocycles. The van der Waals surface area contributed by atoms with E-state index in [4.69, 9.17) is 4.74 Å². The quantitative estimate of drug-likeness (QED) is 0.701. The van der Waals surface area contributed by atoms with Crippen LogP contribution in [0.15, 0.2) is 24.3 Å². The predicted octanol–water partition coefficient (Wildman–Crippen LogP) is 1.71. The Labute approximate surface area is 149 Å². The van der Waals surface area contributed by atoms with E-state index in [9.17, 15) is 14.4 Å². The van der Waals surface area contributed by atoms with E-state index in [0.29, 0.717) is 13.0 Å². The van der Waals surface area contributed by atoms with Gasteiger partial charge in [-0.2, -0.15) is 0 Å². The summed E-state index contributed by atoms with van der Waals surface area (Å²) < 4.78 is 4.91. The van der Waals surface area contributed by atoms with E-state index in [1.54, 1.807) is 6.92 Å². The van der Waals surface area contributed by atoms with Gasteiger partial charge in [-0.15, -0.1) is 0 Å². The van der Waals surface area contributed by atoms with E-state index in [0.717, 1.165) is 5.56 Å². The Morgan fingerprint density at radius 3 is 2.20 bits per heavy atom. The Hall–Kier alpha value is -2.37. The first-order valence-electron chi connectivity index (χ1n) is 8.50. The standard InChI is InChI=1S/C19H28N2O4/c1-5-20-16(22)12-21-17(23)13-25-18(24)11-8-14-6-9-15(10-7-14)19(2,3)4/h6-7,9-10H,5,8,11-13H2,1-4H3,(H,20,22)(H,21,23). The van der Waals surface area contributed by atoms with Gasteiger partial charge in [0.25, 0.3) is 5.91 Å². The average Bonchev–Trinajstić information content (AvgIpc) is 2.56. The summed E-state index contributed by atoms with van der Waals surface area (Å²) in [4.78, 5) is 34.4. The van der Waals surface area contributed by atoms with E-state index in [2.05, 4.69) is 43.5 Å². The van der Waals surface area contributed by atoms with Crippen LogP contribution in [0.25, 0.3) is 0 Å². The lowest BCUT2D eigenvalue weighted by Crippen LogP contribution is -2.38. The third-order valence-corrected chi connectivity index (χ3v) is 3.62. The third-order valence-electron chi connectivity index (χ3n) is 3.62. The zero-order valence-electron chi connectivity index (χ0n) is 15.5. The highest BCUT2D eigenvalue weighted by molar-refractivity contribution is 5.86. The molecule has 138 valence electrons.